The number of benzene rings is 2. The molecule has 2 aromatic rings. The highest BCUT2D eigenvalue weighted by Crippen LogP contribution is 2.19. The SMILES string of the molecule is Cc1ccc(NC(=O)C(=O)N/N=C/c2ccc(O)cc2)cc1Cl. The van der Waals surface area contributed by atoms with E-state index in [2.05, 4.69) is 15.8 Å². The molecule has 0 saturated carbocycles. The number of rotatable bonds is 3. The molecule has 7 heteroatoms. The van der Waals surface area contributed by atoms with Crippen molar-refractivity contribution in [1.29, 1.82) is 0 Å². The second kappa shape index (κ2) is 7.42. The highest BCUT2D eigenvalue weighted by Gasteiger charge is 2.13. The molecule has 0 atom stereocenters. The van der Waals surface area contributed by atoms with Crippen LogP contribution < -0.4 is 10.7 Å². The number of aryl methyl sites for hydroxylation is 1. The molecule has 0 bridgehead atoms. The van der Waals surface area contributed by atoms with Crippen LogP contribution in [0.25, 0.3) is 0 Å². The van der Waals surface area contributed by atoms with Gasteiger partial charge in [0.15, 0.2) is 0 Å². The van der Waals surface area contributed by atoms with E-state index in [0.717, 1.165) is 5.56 Å². The Hall–Kier alpha value is -2.86. The lowest BCUT2D eigenvalue weighted by Gasteiger charge is -2.05. The van der Waals surface area contributed by atoms with Crippen molar-refractivity contribution in [2.45, 2.75) is 6.92 Å². The van der Waals surface area contributed by atoms with Gasteiger partial charge in [-0.25, -0.2) is 5.43 Å². The minimum atomic E-state index is -0.906. The zero-order valence-electron chi connectivity index (χ0n) is 12.2. The number of hydrazone groups is 1. The van der Waals surface area contributed by atoms with E-state index in [1.807, 2.05) is 6.92 Å². The van der Waals surface area contributed by atoms with Crippen molar-refractivity contribution in [3.8, 4) is 5.75 Å². The van der Waals surface area contributed by atoms with Crippen molar-refractivity contribution < 1.29 is 14.7 Å². The van der Waals surface area contributed by atoms with E-state index in [-0.39, 0.29) is 5.75 Å². The highest BCUT2D eigenvalue weighted by atomic mass is 35.5. The summed E-state index contributed by atoms with van der Waals surface area (Å²) in [6, 6.07) is 11.1. The smallest absolute Gasteiger partial charge is 0.329 e. The van der Waals surface area contributed by atoms with E-state index in [9.17, 15) is 9.59 Å². The van der Waals surface area contributed by atoms with Crippen LogP contribution in [0.2, 0.25) is 5.02 Å². The number of phenols is 1. The Morgan fingerprint density at radius 3 is 2.48 bits per heavy atom. The molecule has 3 N–H and O–H groups in total. The summed E-state index contributed by atoms with van der Waals surface area (Å²) < 4.78 is 0. The van der Waals surface area contributed by atoms with Crippen LogP contribution >= 0.6 is 11.6 Å². The van der Waals surface area contributed by atoms with Crippen LogP contribution in [-0.2, 0) is 9.59 Å². The zero-order valence-corrected chi connectivity index (χ0v) is 13.0. The maximum absolute atomic E-state index is 11.7. The van der Waals surface area contributed by atoms with Gasteiger partial charge in [-0.05, 0) is 54.4 Å². The number of hydrogen-bond donors (Lipinski definition) is 3. The lowest BCUT2D eigenvalue weighted by molar-refractivity contribution is -0.136. The second-order valence-corrected chi connectivity index (χ2v) is 5.12. The van der Waals surface area contributed by atoms with Crippen LogP contribution in [0.5, 0.6) is 5.75 Å². The minimum Gasteiger partial charge on any atom is -0.508 e. The Bertz CT molecular complexity index is 758. The third-order valence-corrected chi connectivity index (χ3v) is 3.32. The number of halogens is 1. The summed E-state index contributed by atoms with van der Waals surface area (Å²) in [5.74, 6) is -1.63. The summed E-state index contributed by atoms with van der Waals surface area (Å²) in [6.07, 6.45) is 1.35. The fraction of sp³-hybridized carbons (Fsp3) is 0.0625. The summed E-state index contributed by atoms with van der Waals surface area (Å²) in [4.78, 5) is 23.4. The molecule has 2 rings (SSSR count). The number of phenolic OH excluding ortho intramolecular Hbond substituents is 1. The molecule has 0 fully saturated rings. The average molecular weight is 332 g/mol. The van der Waals surface area contributed by atoms with Crippen molar-refractivity contribution in [2.24, 2.45) is 5.10 Å². The Morgan fingerprint density at radius 2 is 1.83 bits per heavy atom. The number of anilines is 1. The molecule has 0 aliphatic rings. The first-order valence-corrected chi connectivity index (χ1v) is 7.03. The second-order valence-electron chi connectivity index (χ2n) is 4.71. The summed E-state index contributed by atoms with van der Waals surface area (Å²) in [6.45, 7) is 1.83. The average Bonchev–Trinajstić information content (AvgIpc) is 2.52. The summed E-state index contributed by atoms with van der Waals surface area (Å²) in [5.41, 5.74) is 4.06. The molecule has 0 aliphatic carbocycles. The largest absolute Gasteiger partial charge is 0.508 e. The third kappa shape index (κ3) is 4.82. The van der Waals surface area contributed by atoms with Gasteiger partial charge < -0.3 is 10.4 Å². The lowest BCUT2D eigenvalue weighted by Crippen LogP contribution is -2.32. The molecule has 118 valence electrons. The first-order chi connectivity index (χ1) is 11.0. The molecular weight excluding hydrogens is 318 g/mol. The van der Waals surface area contributed by atoms with Crippen LogP contribution in [0, 0.1) is 6.92 Å². The van der Waals surface area contributed by atoms with E-state index in [1.165, 1.54) is 18.3 Å². The van der Waals surface area contributed by atoms with Gasteiger partial charge in [-0.2, -0.15) is 5.10 Å². The van der Waals surface area contributed by atoms with Gasteiger partial charge in [-0.3, -0.25) is 9.59 Å². The van der Waals surface area contributed by atoms with Crippen molar-refractivity contribution in [2.75, 3.05) is 5.32 Å². The molecule has 6 nitrogen and oxygen atoms in total. The Kier molecular flexibility index (Phi) is 5.32. The van der Waals surface area contributed by atoms with Crippen molar-refractivity contribution in [3.05, 3.63) is 58.6 Å². The van der Waals surface area contributed by atoms with E-state index in [4.69, 9.17) is 16.7 Å². The van der Waals surface area contributed by atoms with Gasteiger partial charge >= 0.3 is 11.8 Å². The summed E-state index contributed by atoms with van der Waals surface area (Å²) in [5, 5.41) is 15.7. The first-order valence-electron chi connectivity index (χ1n) is 6.65. The monoisotopic (exact) mass is 331 g/mol. The molecule has 2 aromatic carbocycles. The van der Waals surface area contributed by atoms with Gasteiger partial charge in [-0.15, -0.1) is 0 Å². The fourth-order valence-electron chi connectivity index (χ4n) is 1.64. The molecule has 23 heavy (non-hydrogen) atoms. The van der Waals surface area contributed by atoms with E-state index < -0.39 is 11.8 Å². The number of aromatic hydroxyl groups is 1. The topological polar surface area (TPSA) is 90.8 Å². The van der Waals surface area contributed by atoms with Crippen molar-refractivity contribution in [3.63, 3.8) is 0 Å². The van der Waals surface area contributed by atoms with Gasteiger partial charge in [0.25, 0.3) is 0 Å². The van der Waals surface area contributed by atoms with E-state index in [1.54, 1.807) is 30.3 Å². The van der Waals surface area contributed by atoms with Crippen molar-refractivity contribution in [1.82, 2.24) is 5.43 Å². The van der Waals surface area contributed by atoms with Gasteiger partial charge in [0.05, 0.1) is 6.21 Å². The Labute approximate surface area is 137 Å². The predicted octanol–water partition coefficient (Wildman–Crippen LogP) is 2.44. The third-order valence-electron chi connectivity index (χ3n) is 2.91. The number of nitrogens with one attached hydrogen (secondary N) is 2. The molecule has 0 aliphatic heterocycles. The molecular formula is C16H14ClN3O3. The standard InChI is InChI=1S/C16H14ClN3O3/c1-10-2-5-12(8-14(10)17)19-15(22)16(23)20-18-9-11-3-6-13(21)7-4-11/h2-9,21H,1H3,(H,19,22)(H,20,23)/b18-9+. The summed E-state index contributed by atoms with van der Waals surface area (Å²) in [7, 11) is 0. The quantitative estimate of drug-likeness (QED) is 0.458. The maximum atomic E-state index is 11.7. The van der Waals surface area contributed by atoms with E-state index >= 15 is 0 Å². The van der Waals surface area contributed by atoms with Gasteiger partial charge in [0.1, 0.15) is 5.75 Å². The van der Waals surface area contributed by atoms with Gasteiger partial charge in [-0.1, -0.05) is 17.7 Å². The number of nitrogens with zero attached hydrogens (tertiary/aromatic N) is 1. The zero-order chi connectivity index (χ0) is 16.8. The first kappa shape index (κ1) is 16.5. The fourth-order valence-corrected chi connectivity index (χ4v) is 1.82. The Balaban J connectivity index is 1.90. The molecule has 0 heterocycles. The minimum absolute atomic E-state index is 0.127. The number of amides is 2. The molecule has 0 radical (unpaired) electrons. The normalized spacial score (nSPS) is 10.5. The van der Waals surface area contributed by atoms with E-state index in [0.29, 0.717) is 16.3 Å². The number of hydrogen-bond acceptors (Lipinski definition) is 4. The molecule has 0 saturated heterocycles. The van der Waals surface area contributed by atoms with Crippen LogP contribution in [-0.4, -0.2) is 23.1 Å². The molecule has 2 amide bonds. The molecule has 0 spiro atoms. The van der Waals surface area contributed by atoms with Crippen LogP contribution in [0.15, 0.2) is 47.6 Å². The van der Waals surface area contributed by atoms with Gasteiger partial charge in [0.2, 0.25) is 0 Å². The Morgan fingerprint density at radius 1 is 1.13 bits per heavy atom. The van der Waals surface area contributed by atoms with Crippen LogP contribution in [0.1, 0.15) is 11.1 Å². The van der Waals surface area contributed by atoms with Crippen LogP contribution in [0.3, 0.4) is 0 Å². The predicted molar refractivity (Wildman–Crippen MR) is 88.7 cm³/mol. The van der Waals surface area contributed by atoms with Gasteiger partial charge in [0, 0.05) is 10.7 Å². The highest BCUT2D eigenvalue weighted by molar-refractivity contribution is 6.39. The molecule has 0 aromatic heterocycles. The maximum Gasteiger partial charge on any atom is 0.329 e. The molecule has 0 unspecified atom stereocenters. The number of carbonyl (C=O) groups excluding carboxylic acids is 2. The number of carbonyl (C=O) groups is 2. The van der Waals surface area contributed by atoms with Crippen molar-refractivity contribution >= 4 is 35.3 Å². The lowest BCUT2D eigenvalue weighted by atomic mass is 10.2. The summed E-state index contributed by atoms with van der Waals surface area (Å²) >= 11 is 5.95. The van der Waals surface area contributed by atoms with Crippen LogP contribution in [0.4, 0.5) is 5.69 Å².